The molecule has 1 N–H and O–H groups in total. The number of hydrogen-bond acceptors (Lipinski definition) is 6. The van der Waals surface area contributed by atoms with Gasteiger partial charge in [-0.1, -0.05) is 60.7 Å². The summed E-state index contributed by atoms with van der Waals surface area (Å²) >= 11 is 0. The van der Waals surface area contributed by atoms with Crippen molar-refractivity contribution >= 4 is 10.0 Å². The number of nitrogens with one attached hydrogen (secondary N) is 1. The highest BCUT2D eigenvalue weighted by molar-refractivity contribution is 7.90. The fourth-order valence-electron chi connectivity index (χ4n) is 4.15. The molecule has 0 bridgehead atoms. The minimum absolute atomic E-state index is 0.0836. The van der Waals surface area contributed by atoms with Crippen molar-refractivity contribution in [3.63, 3.8) is 0 Å². The molecule has 0 aliphatic carbocycles. The molecular formula is C26H30N2O5S. The van der Waals surface area contributed by atoms with E-state index in [1.807, 2.05) is 78.9 Å². The molecule has 1 fully saturated rings. The predicted octanol–water partition coefficient (Wildman–Crippen LogP) is 3.72. The fraction of sp³-hybridized carbons (Fsp3) is 0.308. The van der Waals surface area contributed by atoms with Gasteiger partial charge in [0.05, 0.1) is 19.8 Å². The van der Waals surface area contributed by atoms with E-state index in [0.29, 0.717) is 18.8 Å². The molecule has 180 valence electrons. The maximum Gasteiger partial charge on any atom is 0.218 e. The summed E-state index contributed by atoms with van der Waals surface area (Å²) in [6, 6.07) is 24.6. The van der Waals surface area contributed by atoms with Crippen LogP contribution in [0.25, 0.3) is 0 Å². The number of benzene rings is 3. The van der Waals surface area contributed by atoms with Crippen LogP contribution in [0.2, 0.25) is 0 Å². The van der Waals surface area contributed by atoms with Crippen molar-refractivity contribution in [3.05, 3.63) is 95.6 Å². The molecule has 0 spiro atoms. The predicted molar refractivity (Wildman–Crippen MR) is 131 cm³/mol. The number of nitrogens with zero attached hydrogens (tertiary/aromatic N) is 1. The first-order chi connectivity index (χ1) is 16.5. The minimum atomic E-state index is -3.65. The number of methoxy groups -OCH3 is 1. The molecule has 2 atom stereocenters. The Morgan fingerprint density at radius 2 is 1.79 bits per heavy atom. The van der Waals surface area contributed by atoms with Crippen LogP contribution >= 0.6 is 0 Å². The smallest absolute Gasteiger partial charge is 0.218 e. The molecule has 0 radical (unpaired) electrons. The lowest BCUT2D eigenvalue weighted by Gasteiger charge is -2.23. The Kier molecular flexibility index (Phi) is 7.84. The lowest BCUT2D eigenvalue weighted by molar-refractivity contribution is -0.110. The summed E-state index contributed by atoms with van der Waals surface area (Å²) in [7, 11) is -0.282. The fourth-order valence-corrected chi connectivity index (χ4v) is 5.66. The third kappa shape index (κ3) is 5.77. The minimum Gasteiger partial charge on any atom is -0.496 e. The van der Waals surface area contributed by atoms with Crippen LogP contribution in [0.4, 0.5) is 0 Å². The van der Waals surface area contributed by atoms with Gasteiger partial charge in [-0.3, -0.25) is 4.84 Å². The monoisotopic (exact) mass is 482 g/mol. The normalized spacial score (nSPS) is 18.6. The largest absolute Gasteiger partial charge is 0.496 e. The van der Waals surface area contributed by atoms with E-state index in [4.69, 9.17) is 14.3 Å². The highest BCUT2D eigenvalue weighted by Gasteiger charge is 2.43. The molecule has 1 saturated heterocycles. The summed E-state index contributed by atoms with van der Waals surface area (Å²) in [5.74, 6) is 1.43. The first kappa shape index (κ1) is 24.2. The first-order valence-electron chi connectivity index (χ1n) is 11.2. The average Bonchev–Trinajstić information content (AvgIpc) is 3.26. The Morgan fingerprint density at radius 3 is 2.59 bits per heavy atom. The summed E-state index contributed by atoms with van der Waals surface area (Å²) in [6.07, 6.45) is 0.528. The average molecular weight is 483 g/mol. The van der Waals surface area contributed by atoms with Crippen LogP contribution in [0.15, 0.2) is 78.9 Å². The Morgan fingerprint density at radius 1 is 1.03 bits per heavy atom. The van der Waals surface area contributed by atoms with E-state index in [1.54, 1.807) is 19.2 Å². The van der Waals surface area contributed by atoms with Gasteiger partial charge in [-0.15, -0.1) is 0 Å². The van der Waals surface area contributed by atoms with Crippen LogP contribution in [0.5, 0.6) is 11.5 Å². The molecule has 1 aliphatic rings. The van der Waals surface area contributed by atoms with Gasteiger partial charge in [0.25, 0.3) is 0 Å². The van der Waals surface area contributed by atoms with E-state index in [1.165, 1.54) is 0 Å². The zero-order valence-corrected chi connectivity index (χ0v) is 20.2. The third-order valence-electron chi connectivity index (χ3n) is 5.92. The van der Waals surface area contributed by atoms with Crippen LogP contribution in [0.3, 0.4) is 0 Å². The van der Waals surface area contributed by atoms with Crippen LogP contribution in [0.1, 0.15) is 22.7 Å². The Bertz CT molecular complexity index is 1190. The number of sulfonamides is 1. The van der Waals surface area contributed by atoms with Crippen molar-refractivity contribution < 1.29 is 22.7 Å². The highest BCUT2D eigenvalue weighted by atomic mass is 32.2. The maximum absolute atomic E-state index is 13.2. The molecule has 0 amide bonds. The van der Waals surface area contributed by atoms with Crippen molar-refractivity contribution in [2.24, 2.45) is 0 Å². The van der Waals surface area contributed by atoms with Crippen molar-refractivity contribution in [1.29, 1.82) is 0 Å². The zero-order chi connectivity index (χ0) is 24.0. The van der Waals surface area contributed by atoms with Crippen molar-refractivity contribution in [1.82, 2.24) is 9.79 Å². The summed E-state index contributed by atoms with van der Waals surface area (Å²) in [5, 5.41) is 0.861. The van der Waals surface area contributed by atoms with Crippen molar-refractivity contribution in [3.8, 4) is 11.5 Å². The Labute approximate surface area is 201 Å². The van der Waals surface area contributed by atoms with Crippen LogP contribution < -0.4 is 14.2 Å². The Hall–Kier alpha value is -2.91. The van der Waals surface area contributed by atoms with E-state index >= 15 is 0 Å². The van der Waals surface area contributed by atoms with E-state index in [-0.39, 0.29) is 13.2 Å². The molecule has 0 aromatic heterocycles. The summed E-state index contributed by atoms with van der Waals surface area (Å²) < 4.78 is 40.5. The van der Waals surface area contributed by atoms with Gasteiger partial charge >= 0.3 is 0 Å². The van der Waals surface area contributed by atoms with E-state index in [2.05, 4.69) is 4.72 Å². The summed E-state index contributed by atoms with van der Waals surface area (Å²) in [5.41, 5.74) is 2.84. The molecule has 0 unspecified atom stereocenters. The summed E-state index contributed by atoms with van der Waals surface area (Å²) in [4.78, 5) is 5.64. The Balaban J connectivity index is 1.44. The first-order valence-corrected chi connectivity index (χ1v) is 12.8. The van der Waals surface area contributed by atoms with Gasteiger partial charge in [0.15, 0.2) is 0 Å². The maximum atomic E-state index is 13.2. The van der Waals surface area contributed by atoms with E-state index in [9.17, 15) is 8.42 Å². The highest BCUT2D eigenvalue weighted by Crippen LogP contribution is 2.34. The number of hydrogen-bond donors (Lipinski definition) is 1. The lowest BCUT2D eigenvalue weighted by Crippen LogP contribution is -2.40. The second-order valence-corrected chi connectivity index (χ2v) is 10.2. The SMILES string of the molecule is COc1ccccc1CCNS(=O)(=O)[C@@H]1CON(C)[C@@H]1c1cccc(OCc2ccccc2)c1. The van der Waals surface area contributed by atoms with Crippen molar-refractivity contribution in [2.75, 3.05) is 27.3 Å². The topological polar surface area (TPSA) is 77.1 Å². The molecule has 3 aromatic rings. The van der Waals surface area contributed by atoms with Gasteiger partial charge in [-0.25, -0.2) is 13.1 Å². The molecule has 7 nitrogen and oxygen atoms in total. The van der Waals surface area contributed by atoms with Crippen LogP contribution in [-0.4, -0.2) is 46.0 Å². The van der Waals surface area contributed by atoms with Gasteiger partial charge in [0, 0.05) is 13.6 Å². The molecular weight excluding hydrogens is 452 g/mol. The molecule has 8 heteroatoms. The molecule has 1 heterocycles. The second kappa shape index (κ2) is 11.0. The third-order valence-corrected chi connectivity index (χ3v) is 7.72. The van der Waals surface area contributed by atoms with E-state index < -0.39 is 21.3 Å². The van der Waals surface area contributed by atoms with E-state index in [0.717, 1.165) is 22.4 Å². The number of para-hydroxylation sites is 1. The number of rotatable bonds is 10. The van der Waals surface area contributed by atoms with Gasteiger partial charge in [-0.2, -0.15) is 5.06 Å². The van der Waals surface area contributed by atoms with Gasteiger partial charge < -0.3 is 9.47 Å². The standard InChI is InChI=1S/C26H30N2O5S/c1-28-26(22-12-8-13-23(17-22)32-18-20-9-4-3-5-10-20)25(19-33-28)34(29,30)27-16-15-21-11-6-7-14-24(21)31-2/h3-14,17,25-27H,15-16,18-19H2,1-2H3/t25-,26-/m1/s1. The van der Waals surface area contributed by atoms with Crippen LogP contribution in [-0.2, 0) is 27.9 Å². The second-order valence-electron chi connectivity index (χ2n) is 8.17. The van der Waals surface area contributed by atoms with Crippen molar-refractivity contribution in [2.45, 2.75) is 24.3 Å². The molecule has 0 saturated carbocycles. The molecule has 1 aliphatic heterocycles. The number of ether oxygens (including phenoxy) is 2. The van der Waals surface area contributed by atoms with Crippen LogP contribution in [0, 0.1) is 0 Å². The molecule has 3 aromatic carbocycles. The zero-order valence-electron chi connectivity index (χ0n) is 19.4. The molecule has 4 rings (SSSR count). The van der Waals surface area contributed by atoms with Gasteiger partial charge in [0.1, 0.15) is 23.4 Å². The quantitative estimate of drug-likeness (QED) is 0.475. The molecule has 34 heavy (non-hydrogen) atoms. The lowest BCUT2D eigenvalue weighted by atomic mass is 10.0. The summed E-state index contributed by atoms with van der Waals surface area (Å²) in [6.45, 7) is 0.795. The van der Waals surface area contributed by atoms with Gasteiger partial charge in [0.2, 0.25) is 10.0 Å². The van der Waals surface area contributed by atoms with Gasteiger partial charge in [-0.05, 0) is 41.3 Å². The number of hydroxylamine groups is 2.